The van der Waals surface area contributed by atoms with Crippen molar-refractivity contribution >= 4 is 15.9 Å². The summed E-state index contributed by atoms with van der Waals surface area (Å²) >= 11 is 3.53. The van der Waals surface area contributed by atoms with E-state index in [2.05, 4.69) is 60.2 Å². The second kappa shape index (κ2) is 6.76. The van der Waals surface area contributed by atoms with E-state index in [1.54, 1.807) is 0 Å². The third-order valence-corrected chi connectivity index (χ3v) is 4.16. The van der Waals surface area contributed by atoms with Crippen LogP contribution in [-0.2, 0) is 0 Å². The topological polar surface area (TPSA) is 21.3 Å². The van der Waals surface area contributed by atoms with Crippen LogP contribution < -0.4 is 10.1 Å². The zero-order chi connectivity index (χ0) is 13.8. The molecule has 0 spiro atoms. The van der Waals surface area contributed by atoms with Crippen molar-refractivity contribution in [3.63, 3.8) is 0 Å². The van der Waals surface area contributed by atoms with Gasteiger partial charge in [-0.15, -0.1) is 0 Å². The van der Waals surface area contributed by atoms with Gasteiger partial charge in [-0.1, -0.05) is 36.7 Å². The fourth-order valence-electron chi connectivity index (χ4n) is 2.43. The average molecular weight is 326 g/mol. The van der Waals surface area contributed by atoms with E-state index in [-0.39, 0.29) is 0 Å². The van der Waals surface area contributed by atoms with Gasteiger partial charge in [-0.25, -0.2) is 0 Å². The van der Waals surface area contributed by atoms with Crippen LogP contribution in [0.25, 0.3) is 0 Å². The summed E-state index contributed by atoms with van der Waals surface area (Å²) < 4.78 is 7.27. The maximum atomic E-state index is 6.15. The SMILES string of the molecule is CCCNC1CC(Oc2ccc(Br)cc2C(C)C)C1. The smallest absolute Gasteiger partial charge is 0.123 e. The van der Waals surface area contributed by atoms with Gasteiger partial charge >= 0.3 is 0 Å². The van der Waals surface area contributed by atoms with Crippen LogP contribution in [0.2, 0.25) is 0 Å². The van der Waals surface area contributed by atoms with Crippen LogP contribution in [0, 0.1) is 0 Å². The summed E-state index contributed by atoms with van der Waals surface area (Å²) in [5.41, 5.74) is 1.29. The molecule has 0 radical (unpaired) electrons. The second-order valence-electron chi connectivity index (χ2n) is 5.70. The average Bonchev–Trinajstić information content (AvgIpc) is 2.33. The van der Waals surface area contributed by atoms with Crippen LogP contribution in [0.4, 0.5) is 0 Å². The number of rotatable bonds is 6. The van der Waals surface area contributed by atoms with Crippen molar-refractivity contribution in [1.82, 2.24) is 5.32 Å². The Morgan fingerprint density at radius 2 is 2.11 bits per heavy atom. The van der Waals surface area contributed by atoms with Gasteiger partial charge in [0, 0.05) is 10.5 Å². The quantitative estimate of drug-likeness (QED) is 0.832. The van der Waals surface area contributed by atoms with Crippen molar-refractivity contribution in [2.45, 2.75) is 58.1 Å². The minimum atomic E-state index is 0.382. The van der Waals surface area contributed by atoms with Crippen molar-refractivity contribution in [3.05, 3.63) is 28.2 Å². The van der Waals surface area contributed by atoms with E-state index in [9.17, 15) is 0 Å². The molecule has 1 aliphatic rings. The first kappa shape index (κ1) is 14.9. The zero-order valence-corrected chi connectivity index (χ0v) is 13.7. The molecule has 1 fully saturated rings. The molecule has 0 bridgehead atoms. The van der Waals surface area contributed by atoms with Crippen LogP contribution >= 0.6 is 15.9 Å². The molecule has 2 rings (SSSR count). The highest BCUT2D eigenvalue weighted by atomic mass is 79.9. The lowest BCUT2D eigenvalue weighted by Gasteiger charge is -2.36. The summed E-state index contributed by atoms with van der Waals surface area (Å²) in [5, 5.41) is 3.54. The number of nitrogens with one attached hydrogen (secondary N) is 1. The standard InChI is InChI=1S/C16H24BrNO/c1-4-7-18-13-9-14(10-13)19-16-6-5-12(17)8-15(16)11(2)3/h5-6,8,11,13-14,18H,4,7,9-10H2,1-3H3. The first-order valence-corrected chi connectivity index (χ1v) is 8.09. The van der Waals surface area contributed by atoms with E-state index in [0.29, 0.717) is 18.1 Å². The van der Waals surface area contributed by atoms with Gasteiger partial charge < -0.3 is 10.1 Å². The zero-order valence-electron chi connectivity index (χ0n) is 12.1. The minimum absolute atomic E-state index is 0.382. The van der Waals surface area contributed by atoms with E-state index >= 15 is 0 Å². The summed E-state index contributed by atoms with van der Waals surface area (Å²) in [6, 6.07) is 6.98. The first-order valence-electron chi connectivity index (χ1n) is 7.29. The predicted molar refractivity (Wildman–Crippen MR) is 84.0 cm³/mol. The van der Waals surface area contributed by atoms with Gasteiger partial charge in [0.05, 0.1) is 0 Å². The molecule has 1 aromatic carbocycles. The van der Waals surface area contributed by atoms with Crippen LogP contribution in [-0.4, -0.2) is 18.7 Å². The lowest BCUT2D eigenvalue weighted by atomic mass is 9.89. The fraction of sp³-hybridized carbons (Fsp3) is 0.625. The molecule has 106 valence electrons. The molecule has 1 saturated carbocycles. The molecular formula is C16H24BrNO. The van der Waals surface area contributed by atoms with Gasteiger partial charge in [0.2, 0.25) is 0 Å². The van der Waals surface area contributed by atoms with Crippen LogP contribution in [0.3, 0.4) is 0 Å². The van der Waals surface area contributed by atoms with E-state index in [4.69, 9.17) is 4.74 Å². The number of halogens is 1. The summed E-state index contributed by atoms with van der Waals surface area (Å²) in [4.78, 5) is 0. The lowest BCUT2D eigenvalue weighted by molar-refractivity contribution is 0.0840. The van der Waals surface area contributed by atoms with Gasteiger partial charge in [-0.3, -0.25) is 0 Å². The molecule has 3 heteroatoms. The van der Waals surface area contributed by atoms with Crippen LogP contribution in [0.5, 0.6) is 5.75 Å². The van der Waals surface area contributed by atoms with Gasteiger partial charge in [-0.05, 0) is 55.5 Å². The fourth-order valence-corrected chi connectivity index (χ4v) is 2.81. The molecule has 0 heterocycles. The minimum Gasteiger partial charge on any atom is -0.490 e. The van der Waals surface area contributed by atoms with E-state index < -0.39 is 0 Å². The lowest BCUT2D eigenvalue weighted by Crippen LogP contribution is -2.47. The molecule has 0 aromatic heterocycles. The Morgan fingerprint density at radius 1 is 1.37 bits per heavy atom. The summed E-state index contributed by atoms with van der Waals surface area (Å²) in [6.07, 6.45) is 3.85. The Bertz CT molecular complexity index is 413. The summed E-state index contributed by atoms with van der Waals surface area (Å²) in [7, 11) is 0. The van der Waals surface area contributed by atoms with Crippen molar-refractivity contribution < 1.29 is 4.74 Å². The molecule has 1 aliphatic carbocycles. The van der Waals surface area contributed by atoms with Gasteiger partial charge in [0.15, 0.2) is 0 Å². The van der Waals surface area contributed by atoms with Gasteiger partial charge in [0.1, 0.15) is 11.9 Å². The van der Waals surface area contributed by atoms with E-state index in [1.807, 2.05) is 0 Å². The van der Waals surface area contributed by atoms with Crippen molar-refractivity contribution in [2.75, 3.05) is 6.54 Å². The summed E-state index contributed by atoms with van der Waals surface area (Å²) in [5.74, 6) is 1.54. The largest absolute Gasteiger partial charge is 0.490 e. The third kappa shape index (κ3) is 3.96. The Kier molecular flexibility index (Phi) is 5.28. The monoisotopic (exact) mass is 325 g/mol. The number of hydrogen-bond acceptors (Lipinski definition) is 2. The van der Waals surface area contributed by atoms with Crippen molar-refractivity contribution in [2.24, 2.45) is 0 Å². The Labute approximate surface area is 125 Å². The molecule has 1 N–H and O–H groups in total. The van der Waals surface area contributed by atoms with Crippen LogP contribution in [0.1, 0.15) is 51.5 Å². The normalized spacial score (nSPS) is 22.4. The molecule has 0 aliphatic heterocycles. The number of benzene rings is 1. The Morgan fingerprint density at radius 3 is 2.74 bits per heavy atom. The van der Waals surface area contributed by atoms with E-state index in [1.165, 1.54) is 12.0 Å². The Hall–Kier alpha value is -0.540. The second-order valence-corrected chi connectivity index (χ2v) is 6.61. The van der Waals surface area contributed by atoms with Gasteiger partial charge in [-0.2, -0.15) is 0 Å². The van der Waals surface area contributed by atoms with Gasteiger partial charge in [0.25, 0.3) is 0 Å². The highest BCUT2D eigenvalue weighted by Crippen LogP contribution is 2.33. The molecule has 0 unspecified atom stereocenters. The van der Waals surface area contributed by atoms with Crippen molar-refractivity contribution in [1.29, 1.82) is 0 Å². The highest BCUT2D eigenvalue weighted by molar-refractivity contribution is 9.10. The molecule has 19 heavy (non-hydrogen) atoms. The van der Waals surface area contributed by atoms with E-state index in [0.717, 1.165) is 29.6 Å². The number of ether oxygens (including phenoxy) is 1. The number of hydrogen-bond donors (Lipinski definition) is 1. The molecule has 0 amide bonds. The highest BCUT2D eigenvalue weighted by Gasteiger charge is 2.30. The summed E-state index contributed by atoms with van der Waals surface area (Å²) in [6.45, 7) is 7.74. The van der Waals surface area contributed by atoms with Crippen molar-refractivity contribution in [3.8, 4) is 5.75 Å². The third-order valence-electron chi connectivity index (χ3n) is 3.67. The molecule has 2 nitrogen and oxygen atoms in total. The molecule has 0 saturated heterocycles. The first-order chi connectivity index (χ1) is 9.10. The Balaban J connectivity index is 1.90. The van der Waals surface area contributed by atoms with Crippen LogP contribution in [0.15, 0.2) is 22.7 Å². The predicted octanol–water partition coefficient (Wildman–Crippen LogP) is 4.48. The molecule has 0 atom stereocenters. The molecular weight excluding hydrogens is 302 g/mol. The molecule has 1 aromatic rings. The maximum Gasteiger partial charge on any atom is 0.123 e. The maximum absolute atomic E-state index is 6.15.